The Kier molecular flexibility index (Phi) is 4.71. The van der Waals surface area contributed by atoms with E-state index in [0.717, 1.165) is 12.8 Å². The maximum Gasteiger partial charge on any atom is 0.335 e. The molecule has 0 spiro atoms. The molecule has 0 unspecified atom stereocenters. The number of aromatic nitrogens is 1. The van der Waals surface area contributed by atoms with E-state index in [0.29, 0.717) is 18.2 Å². The van der Waals surface area contributed by atoms with Crippen LogP contribution in [-0.4, -0.2) is 22.7 Å². The molecule has 20 heavy (non-hydrogen) atoms. The Morgan fingerprint density at radius 1 is 1.25 bits per heavy atom. The third-order valence-electron chi connectivity index (χ3n) is 2.88. The van der Waals surface area contributed by atoms with Crippen LogP contribution >= 0.6 is 0 Å². The van der Waals surface area contributed by atoms with Gasteiger partial charge in [0.05, 0.1) is 12.2 Å². The summed E-state index contributed by atoms with van der Waals surface area (Å²) in [6, 6.07) is 13.1. The van der Waals surface area contributed by atoms with Gasteiger partial charge in [0.15, 0.2) is 0 Å². The van der Waals surface area contributed by atoms with Crippen molar-refractivity contribution in [2.24, 2.45) is 0 Å². The molecule has 0 aliphatic heterocycles. The van der Waals surface area contributed by atoms with Gasteiger partial charge in [0.2, 0.25) is 5.88 Å². The number of carboxylic acid groups (broad SMARTS) is 1. The van der Waals surface area contributed by atoms with E-state index in [9.17, 15) is 4.79 Å². The SMILES string of the molecule is Cc1cc(C(=O)O)cc(OCCCc2ccccc2)n1. The molecule has 2 rings (SSSR count). The summed E-state index contributed by atoms with van der Waals surface area (Å²) in [5.41, 5.74) is 2.11. The van der Waals surface area contributed by atoms with Crippen LogP contribution in [0.15, 0.2) is 42.5 Å². The van der Waals surface area contributed by atoms with Gasteiger partial charge < -0.3 is 9.84 Å². The van der Waals surface area contributed by atoms with Crippen LogP contribution in [0.1, 0.15) is 28.0 Å². The van der Waals surface area contributed by atoms with Crippen LogP contribution in [0.4, 0.5) is 0 Å². The Hall–Kier alpha value is -2.36. The molecule has 0 aliphatic carbocycles. The Morgan fingerprint density at radius 2 is 2.00 bits per heavy atom. The molecule has 1 aromatic heterocycles. The molecule has 0 aliphatic rings. The number of rotatable bonds is 6. The molecule has 4 heteroatoms. The van der Waals surface area contributed by atoms with Gasteiger partial charge in [0, 0.05) is 11.8 Å². The third kappa shape index (κ3) is 4.09. The highest BCUT2D eigenvalue weighted by Crippen LogP contribution is 2.13. The summed E-state index contributed by atoms with van der Waals surface area (Å²) in [6.45, 7) is 2.27. The molecule has 2 aromatic rings. The van der Waals surface area contributed by atoms with E-state index >= 15 is 0 Å². The van der Waals surface area contributed by atoms with Crippen molar-refractivity contribution in [2.75, 3.05) is 6.61 Å². The molecule has 1 aromatic carbocycles. The van der Waals surface area contributed by atoms with E-state index in [-0.39, 0.29) is 5.56 Å². The number of nitrogens with zero attached hydrogens (tertiary/aromatic N) is 1. The van der Waals surface area contributed by atoms with Crippen LogP contribution in [-0.2, 0) is 6.42 Å². The standard InChI is InChI=1S/C16H17NO3/c1-12-10-14(16(18)19)11-15(17-12)20-9-5-8-13-6-3-2-4-7-13/h2-4,6-7,10-11H,5,8-9H2,1H3,(H,18,19). The minimum absolute atomic E-state index is 0.204. The monoisotopic (exact) mass is 271 g/mol. The Morgan fingerprint density at radius 3 is 2.70 bits per heavy atom. The van der Waals surface area contributed by atoms with Gasteiger partial charge in [0.25, 0.3) is 0 Å². The third-order valence-corrected chi connectivity index (χ3v) is 2.88. The number of hydrogen-bond donors (Lipinski definition) is 1. The molecule has 0 saturated heterocycles. The highest BCUT2D eigenvalue weighted by Gasteiger charge is 2.07. The van der Waals surface area contributed by atoms with Gasteiger partial charge in [-0.2, -0.15) is 0 Å². The smallest absolute Gasteiger partial charge is 0.335 e. The van der Waals surface area contributed by atoms with E-state index in [4.69, 9.17) is 9.84 Å². The summed E-state index contributed by atoms with van der Waals surface area (Å²) >= 11 is 0. The van der Waals surface area contributed by atoms with Crippen LogP contribution in [0.5, 0.6) is 5.88 Å². The van der Waals surface area contributed by atoms with Gasteiger partial charge in [-0.1, -0.05) is 30.3 Å². The molecule has 4 nitrogen and oxygen atoms in total. The van der Waals surface area contributed by atoms with E-state index in [1.54, 1.807) is 6.92 Å². The summed E-state index contributed by atoms with van der Waals surface area (Å²) in [7, 11) is 0. The van der Waals surface area contributed by atoms with Crippen molar-refractivity contribution in [1.29, 1.82) is 0 Å². The molecule has 0 fully saturated rings. The normalized spacial score (nSPS) is 10.2. The minimum Gasteiger partial charge on any atom is -0.478 e. The lowest BCUT2D eigenvalue weighted by Crippen LogP contribution is -2.04. The molecule has 1 N–H and O–H groups in total. The van der Waals surface area contributed by atoms with Crippen LogP contribution in [0.2, 0.25) is 0 Å². The molecule has 1 heterocycles. The van der Waals surface area contributed by atoms with E-state index < -0.39 is 5.97 Å². The molecule has 0 amide bonds. The molecule has 104 valence electrons. The Bertz CT molecular complexity index is 582. The molecule has 0 saturated carbocycles. The number of carboxylic acids is 1. The van der Waals surface area contributed by atoms with Gasteiger partial charge >= 0.3 is 5.97 Å². The summed E-state index contributed by atoms with van der Waals surface area (Å²) < 4.78 is 5.52. The van der Waals surface area contributed by atoms with Crippen LogP contribution in [0.25, 0.3) is 0 Å². The van der Waals surface area contributed by atoms with Crippen molar-refractivity contribution in [2.45, 2.75) is 19.8 Å². The predicted octanol–water partition coefficient (Wildman–Crippen LogP) is 3.10. The number of pyridine rings is 1. The molecular weight excluding hydrogens is 254 g/mol. The first-order valence-corrected chi connectivity index (χ1v) is 6.54. The highest BCUT2D eigenvalue weighted by atomic mass is 16.5. The second kappa shape index (κ2) is 6.70. The van der Waals surface area contributed by atoms with Gasteiger partial charge in [-0.05, 0) is 31.4 Å². The fourth-order valence-corrected chi connectivity index (χ4v) is 1.93. The summed E-state index contributed by atoms with van der Waals surface area (Å²) in [6.07, 6.45) is 1.79. The number of aromatic carboxylic acids is 1. The molecule has 0 atom stereocenters. The lowest BCUT2D eigenvalue weighted by molar-refractivity contribution is 0.0696. The number of aryl methyl sites for hydroxylation is 2. The number of carbonyl (C=O) groups is 1. The maximum atomic E-state index is 10.9. The van der Waals surface area contributed by atoms with Gasteiger partial charge in [-0.3, -0.25) is 0 Å². The van der Waals surface area contributed by atoms with Crippen molar-refractivity contribution in [3.63, 3.8) is 0 Å². The van der Waals surface area contributed by atoms with Crippen molar-refractivity contribution in [1.82, 2.24) is 4.98 Å². The quantitative estimate of drug-likeness (QED) is 0.820. The molecular formula is C16H17NO3. The Balaban J connectivity index is 1.86. The minimum atomic E-state index is -0.968. The van der Waals surface area contributed by atoms with Crippen molar-refractivity contribution in [3.05, 3.63) is 59.3 Å². The van der Waals surface area contributed by atoms with Gasteiger partial charge in [-0.15, -0.1) is 0 Å². The zero-order valence-electron chi connectivity index (χ0n) is 11.4. The van der Waals surface area contributed by atoms with Crippen molar-refractivity contribution >= 4 is 5.97 Å². The zero-order chi connectivity index (χ0) is 14.4. The van der Waals surface area contributed by atoms with Crippen LogP contribution < -0.4 is 4.74 Å². The Labute approximate surface area is 118 Å². The molecule has 0 radical (unpaired) electrons. The average molecular weight is 271 g/mol. The predicted molar refractivity (Wildman–Crippen MR) is 76.2 cm³/mol. The zero-order valence-corrected chi connectivity index (χ0v) is 11.4. The van der Waals surface area contributed by atoms with Crippen LogP contribution in [0, 0.1) is 6.92 Å². The number of ether oxygens (including phenoxy) is 1. The maximum absolute atomic E-state index is 10.9. The van der Waals surface area contributed by atoms with Gasteiger partial charge in [-0.25, -0.2) is 9.78 Å². The van der Waals surface area contributed by atoms with E-state index in [1.807, 2.05) is 18.2 Å². The second-order valence-corrected chi connectivity index (χ2v) is 4.58. The van der Waals surface area contributed by atoms with Gasteiger partial charge in [0.1, 0.15) is 0 Å². The van der Waals surface area contributed by atoms with Crippen molar-refractivity contribution in [3.8, 4) is 5.88 Å². The topological polar surface area (TPSA) is 59.4 Å². The first kappa shape index (κ1) is 14.1. The highest BCUT2D eigenvalue weighted by molar-refractivity contribution is 5.87. The van der Waals surface area contributed by atoms with Crippen molar-refractivity contribution < 1.29 is 14.6 Å². The summed E-state index contributed by atoms with van der Waals surface area (Å²) in [5, 5.41) is 8.97. The van der Waals surface area contributed by atoms with E-state index in [1.165, 1.54) is 17.7 Å². The van der Waals surface area contributed by atoms with Crippen LogP contribution in [0.3, 0.4) is 0 Å². The summed E-state index contributed by atoms with van der Waals surface area (Å²) in [4.78, 5) is 15.1. The van der Waals surface area contributed by atoms with E-state index in [2.05, 4.69) is 17.1 Å². The lowest BCUT2D eigenvalue weighted by Gasteiger charge is -2.07. The fraction of sp³-hybridized carbons (Fsp3) is 0.250. The fourth-order valence-electron chi connectivity index (χ4n) is 1.93. The molecule has 0 bridgehead atoms. The number of hydrogen-bond acceptors (Lipinski definition) is 3. The lowest BCUT2D eigenvalue weighted by atomic mass is 10.1. The first-order valence-electron chi connectivity index (χ1n) is 6.54. The largest absolute Gasteiger partial charge is 0.478 e. The average Bonchev–Trinajstić information content (AvgIpc) is 2.44. The second-order valence-electron chi connectivity index (χ2n) is 4.58. The first-order chi connectivity index (χ1) is 9.65. The number of benzene rings is 1. The summed E-state index contributed by atoms with van der Waals surface area (Å²) in [5.74, 6) is -0.597.